The van der Waals surface area contributed by atoms with Crippen molar-refractivity contribution in [3.05, 3.63) is 83.0 Å². The molecule has 0 aromatic heterocycles. The molecule has 1 heterocycles. The lowest BCUT2D eigenvalue weighted by molar-refractivity contribution is 0.513. The van der Waals surface area contributed by atoms with E-state index < -0.39 is 10.0 Å². The fraction of sp³-hybridized carbons (Fsp3) is 0.360. The Hall–Kier alpha value is -2.33. The maximum absolute atomic E-state index is 13.8. The fourth-order valence-electron chi connectivity index (χ4n) is 5.17. The molecule has 4 heteroatoms. The number of aryl methyl sites for hydroxylation is 1. The van der Waals surface area contributed by atoms with Crippen molar-refractivity contribution in [1.82, 2.24) is 0 Å². The van der Waals surface area contributed by atoms with E-state index in [1.807, 2.05) is 37.3 Å². The van der Waals surface area contributed by atoms with Crippen LogP contribution in [-0.4, -0.2) is 14.5 Å². The van der Waals surface area contributed by atoms with Gasteiger partial charge in [0.1, 0.15) is 0 Å². The Morgan fingerprint density at radius 3 is 2.41 bits per heavy atom. The van der Waals surface area contributed by atoms with E-state index in [1.165, 1.54) is 24.8 Å². The van der Waals surface area contributed by atoms with Crippen LogP contribution in [0.3, 0.4) is 0 Å². The molecule has 2 aliphatic carbocycles. The largest absolute Gasteiger partial charge is 0.264 e. The van der Waals surface area contributed by atoms with E-state index in [2.05, 4.69) is 18.2 Å². The molecular formula is C25H27NO2S. The second kappa shape index (κ2) is 7.17. The minimum absolute atomic E-state index is 0.138. The number of para-hydroxylation sites is 1. The number of allylic oxidation sites excluding steroid dienone is 2. The maximum atomic E-state index is 13.8. The van der Waals surface area contributed by atoms with Crippen LogP contribution in [0.15, 0.2) is 76.7 Å². The van der Waals surface area contributed by atoms with E-state index in [1.54, 1.807) is 22.0 Å². The molecule has 1 fully saturated rings. The molecule has 0 radical (unpaired) electrons. The number of hydrogen-bond donors (Lipinski definition) is 0. The molecule has 2 aromatic carbocycles. The predicted octanol–water partition coefficient (Wildman–Crippen LogP) is 5.56. The molecule has 1 saturated carbocycles. The number of benzene rings is 2. The van der Waals surface area contributed by atoms with Gasteiger partial charge in [-0.15, -0.1) is 0 Å². The number of sulfonamides is 1. The lowest BCUT2D eigenvalue weighted by Gasteiger charge is -2.40. The Kier molecular flexibility index (Phi) is 4.62. The van der Waals surface area contributed by atoms with Crippen LogP contribution < -0.4 is 4.31 Å². The summed E-state index contributed by atoms with van der Waals surface area (Å²) in [5, 5.41) is 0. The van der Waals surface area contributed by atoms with E-state index in [-0.39, 0.29) is 12.0 Å². The maximum Gasteiger partial charge on any atom is 0.264 e. The Balaban J connectivity index is 1.63. The summed E-state index contributed by atoms with van der Waals surface area (Å²) < 4.78 is 29.2. The van der Waals surface area contributed by atoms with Crippen molar-refractivity contribution in [3.8, 4) is 0 Å². The monoisotopic (exact) mass is 405 g/mol. The third-order valence-corrected chi connectivity index (χ3v) is 8.49. The second-order valence-electron chi connectivity index (χ2n) is 8.52. The van der Waals surface area contributed by atoms with Gasteiger partial charge in [0, 0.05) is 5.92 Å². The number of hydrogen-bond acceptors (Lipinski definition) is 2. The highest BCUT2D eigenvalue weighted by Gasteiger charge is 2.43. The van der Waals surface area contributed by atoms with Crippen LogP contribution in [0.2, 0.25) is 0 Å². The molecule has 0 N–H and O–H groups in total. The van der Waals surface area contributed by atoms with E-state index in [0.29, 0.717) is 4.90 Å². The van der Waals surface area contributed by atoms with Gasteiger partial charge >= 0.3 is 0 Å². The topological polar surface area (TPSA) is 37.4 Å². The normalized spacial score (nSPS) is 23.8. The molecular weight excluding hydrogens is 378 g/mol. The summed E-state index contributed by atoms with van der Waals surface area (Å²) in [6.07, 6.45) is 11.4. The summed E-state index contributed by atoms with van der Waals surface area (Å²) in [4.78, 5) is 0.366. The summed E-state index contributed by atoms with van der Waals surface area (Å²) in [5.74, 6) is 0.221. The molecule has 0 spiro atoms. The smallest absolute Gasteiger partial charge is 0.259 e. The first-order chi connectivity index (χ1) is 14.1. The third kappa shape index (κ3) is 3.14. The lowest BCUT2D eigenvalue weighted by Crippen LogP contribution is -2.46. The Morgan fingerprint density at radius 1 is 0.931 bits per heavy atom. The van der Waals surface area contributed by atoms with E-state index in [4.69, 9.17) is 0 Å². The van der Waals surface area contributed by atoms with Gasteiger partial charge in [-0.3, -0.25) is 4.31 Å². The van der Waals surface area contributed by atoms with Crippen LogP contribution in [0.25, 0.3) is 0 Å². The molecule has 0 amide bonds. The van der Waals surface area contributed by atoms with E-state index in [9.17, 15) is 8.42 Å². The zero-order valence-electron chi connectivity index (χ0n) is 16.8. The molecule has 2 atom stereocenters. The summed E-state index contributed by atoms with van der Waals surface area (Å²) in [6, 6.07) is 15.1. The van der Waals surface area contributed by atoms with Crippen molar-refractivity contribution < 1.29 is 8.42 Å². The fourth-order valence-corrected chi connectivity index (χ4v) is 6.85. The average molecular weight is 406 g/mol. The number of nitrogens with zero attached hydrogens (tertiary/aromatic N) is 1. The van der Waals surface area contributed by atoms with Crippen molar-refractivity contribution in [2.24, 2.45) is 5.92 Å². The summed E-state index contributed by atoms with van der Waals surface area (Å²) in [6.45, 7) is 1.98. The standard InChI is InChI=1S/C25H27NO2S/c1-18-11-13-21(14-12-18)29(27,28)26-24-10-6-5-9-20(24)17-23-22(15-16-25(23)26)19-7-3-2-4-8-19/h5-6,9-16,23,25H,2-4,7-8,17H2,1H3/t23-,25+/m0/s1. The number of anilines is 1. The van der Waals surface area contributed by atoms with Crippen LogP contribution >= 0.6 is 0 Å². The Morgan fingerprint density at radius 2 is 1.66 bits per heavy atom. The first-order valence-electron chi connectivity index (χ1n) is 10.6. The molecule has 2 aromatic rings. The van der Waals surface area contributed by atoms with Crippen LogP contribution in [0, 0.1) is 12.8 Å². The van der Waals surface area contributed by atoms with Crippen molar-refractivity contribution in [2.45, 2.75) is 56.4 Å². The molecule has 3 nitrogen and oxygen atoms in total. The Labute approximate surface area is 173 Å². The number of rotatable bonds is 2. The van der Waals surface area contributed by atoms with Crippen molar-refractivity contribution in [2.75, 3.05) is 4.31 Å². The highest BCUT2D eigenvalue weighted by atomic mass is 32.2. The molecule has 29 heavy (non-hydrogen) atoms. The third-order valence-electron chi connectivity index (χ3n) is 6.67. The van der Waals surface area contributed by atoms with Gasteiger partial charge < -0.3 is 0 Å². The summed E-state index contributed by atoms with van der Waals surface area (Å²) in [7, 11) is -3.64. The molecule has 0 saturated heterocycles. The average Bonchev–Trinajstić information content (AvgIpc) is 3.16. The highest BCUT2D eigenvalue weighted by Crippen LogP contribution is 2.46. The zero-order valence-corrected chi connectivity index (χ0v) is 17.7. The first-order valence-corrected chi connectivity index (χ1v) is 12.1. The first kappa shape index (κ1) is 18.7. The van der Waals surface area contributed by atoms with Gasteiger partial charge in [-0.25, -0.2) is 8.42 Å². The minimum Gasteiger partial charge on any atom is -0.259 e. The van der Waals surface area contributed by atoms with Gasteiger partial charge in [-0.2, -0.15) is 0 Å². The lowest BCUT2D eigenvalue weighted by atomic mass is 9.81. The van der Waals surface area contributed by atoms with E-state index >= 15 is 0 Å². The van der Waals surface area contributed by atoms with Crippen molar-refractivity contribution >= 4 is 15.7 Å². The summed E-state index contributed by atoms with van der Waals surface area (Å²) >= 11 is 0. The predicted molar refractivity (Wildman–Crippen MR) is 118 cm³/mol. The van der Waals surface area contributed by atoms with Gasteiger partial charge in [-0.1, -0.05) is 60.0 Å². The van der Waals surface area contributed by atoms with Crippen LogP contribution in [0.4, 0.5) is 5.69 Å². The minimum atomic E-state index is -3.64. The van der Waals surface area contributed by atoms with Crippen LogP contribution in [-0.2, 0) is 16.4 Å². The quantitative estimate of drug-likeness (QED) is 0.656. The van der Waals surface area contributed by atoms with Gasteiger partial charge in [0.2, 0.25) is 0 Å². The zero-order chi connectivity index (χ0) is 20.0. The van der Waals surface area contributed by atoms with Gasteiger partial charge in [-0.05, 0) is 68.4 Å². The molecule has 1 aliphatic heterocycles. The molecule has 3 aliphatic rings. The van der Waals surface area contributed by atoms with E-state index in [0.717, 1.165) is 36.1 Å². The molecule has 0 unspecified atom stereocenters. The molecule has 5 rings (SSSR count). The van der Waals surface area contributed by atoms with Gasteiger partial charge in [0.25, 0.3) is 10.0 Å². The van der Waals surface area contributed by atoms with Crippen LogP contribution in [0.1, 0.15) is 43.2 Å². The Bertz CT molecular complexity index is 1090. The molecule has 150 valence electrons. The van der Waals surface area contributed by atoms with Crippen molar-refractivity contribution in [1.29, 1.82) is 0 Å². The second-order valence-corrected chi connectivity index (χ2v) is 10.3. The number of fused-ring (bicyclic) bond motifs is 2. The SMILES string of the molecule is Cc1ccc(S(=O)(=O)N2c3ccccc3C[C@H]3C(=C4CCCCC4)C=C[C@H]32)cc1. The summed E-state index contributed by atoms with van der Waals surface area (Å²) in [5.41, 5.74) is 5.96. The van der Waals surface area contributed by atoms with Gasteiger partial charge in [0.15, 0.2) is 0 Å². The van der Waals surface area contributed by atoms with Gasteiger partial charge in [0.05, 0.1) is 16.6 Å². The van der Waals surface area contributed by atoms with Crippen LogP contribution in [0.5, 0.6) is 0 Å². The highest BCUT2D eigenvalue weighted by molar-refractivity contribution is 7.92. The van der Waals surface area contributed by atoms with Crippen molar-refractivity contribution in [3.63, 3.8) is 0 Å². The molecule has 0 bridgehead atoms.